The van der Waals surface area contributed by atoms with E-state index in [-0.39, 0.29) is 72.9 Å². The number of aromatic nitrogens is 12. The highest BCUT2D eigenvalue weighted by Gasteiger charge is 2.39. The number of rotatable bonds is 12. The molecule has 8 aromatic heterocycles. The van der Waals surface area contributed by atoms with Crippen LogP contribution in [0.15, 0.2) is 45.5 Å². The summed E-state index contributed by atoms with van der Waals surface area (Å²) in [6.45, 7) is 9.23. The number of nitrogens with one attached hydrogen (secondary N) is 3. The van der Waals surface area contributed by atoms with Gasteiger partial charge in [0.15, 0.2) is 16.9 Å². The van der Waals surface area contributed by atoms with Gasteiger partial charge in [0, 0.05) is 44.8 Å². The van der Waals surface area contributed by atoms with Gasteiger partial charge in [-0.2, -0.15) is 15.0 Å². The Morgan fingerprint density at radius 2 is 0.946 bits per heavy atom. The van der Waals surface area contributed by atoms with E-state index < -0.39 is 51.3 Å². The Labute approximate surface area is 573 Å². The molecule has 0 bridgehead atoms. The number of halogens is 2. The zero-order chi connectivity index (χ0) is 67.1. The van der Waals surface area contributed by atoms with Gasteiger partial charge in [0.2, 0.25) is 17.8 Å². The quantitative estimate of drug-likeness (QED) is 0.0319. The first kappa shape index (κ1) is 72.3. The molecule has 93 heavy (non-hydrogen) atoms. The number of nitrogen functional groups attached to an aromatic ring is 4. The van der Waals surface area contributed by atoms with Crippen molar-refractivity contribution in [2.24, 2.45) is 11.8 Å². The third-order valence-electron chi connectivity index (χ3n) is 15.8. The van der Waals surface area contributed by atoms with Crippen LogP contribution in [0.4, 0.5) is 23.7 Å². The van der Waals surface area contributed by atoms with Crippen LogP contribution >= 0.6 is 95.9 Å². The summed E-state index contributed by atoms with van der Waals surface area (Å²) in [6, 6.07) is 0. The molecule has 0 amide bonds. The lowest BCUT2D eigenvalue weighted by molar-refractivity contribution is -0.0355. The second-order valence-corrected chi connectivity index (χ2v) is 36.1. The Morgan fingerprint density at radius 3 is 1.34 bits per heavy atom. The number of hydrogen-bond donors (Lipinski definition) is 9. The Morgan fingerprint density at radius 1 is 0.581 bits per heavy atom. The van der Waals surface area contributed by atoms with Crippen molar-refractivity contribution in [2.45, 2.75) is 141 Å². The van der Waals surface area contributed by atoms with Crippen LogP contribution < -0.4 is 39.6 Å². The molecule has 494 valence electrons. The number of aliphatic hydroxyl groups is 2. The SMILES string of the molecule is C#CCC#Cc1cn([C@H]2C[C@@H](O)[C@@H](COP(P)P)O2)c2nc(N)[nH]c(=O)c12.C#CCC#Cc1cn([C@H]2C[C@@H](O)[C@@H](COP(P)P)O2)c2ncnc(N)c12.CC[C@H]1O[C@@H](n2cc(I)c3c(=O)[nH]c(N)nc32)C[C@H]1C.CC[C@H]1O[C@@H](n2cc(I)c3c(=O)[nH]c(N)nc32)C[C@H]1C. The molecule has 35 heteroatoms. The highest BCUT2D eigenvalue weighted by atomic mass is 127. The summed E-state index contributed by atoms with van der Waals surface area (Å²) in [5, 5.41) is 22.7. The predicted octanol–water partition coefficient (Wildman–Crippen LogP) is 7.84. The maximum absolute atomic E-state index is 12.4. The zero-order valence-corrected chi connectivity index (χ0v) is 61.6. The fourth-order valence-corrected chi connectivity index (χ4v) is 14.7. The summed E-state index contributed by atoms with van der Waals surface area (Å²) in [6.07, 6.45) is 21.6. The van der Waals surface area contributed by atoms with Crippen LogP contribution in [0.25, 0.3) is 44.1 Å². The van der Waals surface area contributed by atoms with E-state index in [0.29, 0.717) is 98.8 Å². The molecule has 4 aliphatic rings. The summed E-state index contributed by atoms with van der Waals surface area (Å²) in [4.78, 5) is 65.1. The fourth-order valence-electron chi connectivity index (χ4n) is 11.5. The molecule has 4 fully saturated rings. The number of aromatic amines is 3. The van der Waals surface area contributed by atoms with E-state index in [4.69, 9.17) is 63.8 Å². The Balaban J connectivity index is 0.000000147. The number of H-pyrrole nitrogens is 3. The van der Waals surface area contributed by atoms with E-state index in [0.717, 1.165) is 32.8 Å². The molecule has 16 atom stereocenters. The van der Waals surface area contributed by atoms with Gasteiger partial charge < -0.3 is 79.4 Å². The van der Waals surface area contributed by atoms with E-state index in [1.165, 1.54) is 6.33 Å². The van der Waals surface area contributed by atoms with Crippen LogP contribution in [0, 0.1) is 67.3 Å². The summed E-state index contributed by atoms with van der Waals surface area (Å²) in [7, 11) is 8.87. The van der Waals surface area contributed by atoms with Gasteiger partial charge in [-0.1, -0.05) is 98.9 Å². The summed E-state index contributed by atoms with van der Waals surface area (Å²) in [5.74, 6) is 18.1. The normalized spacial score (nSPS) is 24.0. The lowest BCUT2D eigenvalue weighted by atomic mass is 10.0. The average Bonchev–Trinajstić information content (AvgIpc) is 1.68. The van der Waals surface area contributed by atoms with Crippen molar-refractivity contribution in [1.29, 1.82) is 0 Å². The van der Waals surface area contributed by atoms with Gasteiger partial charge in [-0.15, -0.1) is 12.8 Å². The molecule has 27 nitrogen and oxygen atoms in total. The van der Waals surface area contributed by atoms with Gasteiger partial charge in [-0.05, 0) is 82.7 Å². The lowest BCUT2D eigenvalue weighted by Gasteiger charge is -2.17. The van der Waals surface area contributed by atoms with E-state index in [1.807, 2.05) is 32.3 Å². The van der Waals surface area contributed by atoms with Gasteiger partial charge in [0.05, 0.1) is 98.2 Å². The highest BCUT2D eigenvalue weighted by Crippen LogP contribution is 2.55. The summed E-state index contributed by atoms with van der Waals surface area (Å²) >= 11 is 4.29. The highest BCUT2D eigenvalue weighted by molar-refractivity contribution is 14.1. The molecule has 8 aromatic rings. The molecule has 4 aliphatic heterocycles. The maximum Gasteiger partial charge on any atom is 0.263 e. The third-order valence-corrected chi connectivity index (χ3v) is 20.1. The molecule has 4 unspecified atom stereocenters. The van der Waals surface area contributed by atoms with Crippen LogP contribution in [-0.2, 0) is 28.0 Å². The van der Waals surface area contributed by atoms with E-state index in [1.54, 1.807) is 10.8 Å². The van der Waals surface area contributed by atoms with Gasteiger partial charge >= 0.3 is 0 Å². The standard InChI is InChI=1S/C16H19N4O4P3.C16H19N4O3P3.2C13H17IN4O2/c1-2-3-4-5-9-7-20(14-13(9)15(22)19-16(17)18-14)12-6-10(21)11(24-12)8-23-27(25)26;1-2-3-4-5-10-7-20(16-14(10)15(17)18-9-19-16)13-6-11(21)12(23-13)8-22-26(24)25;2*1-3-8-6(2)4-9(20-8)18-5-7(14)10-11(18)16-13(15)17-12(10)19/h1,7,10-12,21H,3,6,8,25-26H2,(H3,17,18,19,22);1,7,9,11-13,21H,3,6,8,24-25H2,(H2,17,18,19);2*5-6,8-9H,3-4H2,1-2H3,(H3,15,16,17,19)/t10-,11-,12-;11-,12-,13-;2*6-,8-,9-/m1111/s1. The maximum atomic E-state index is 12.4. The third kappa shape index (κ3) is 16.9. The molecule has 0 saturated carbocycles. The van der Waals surface area contributed by atoms with Crippen LogP contribution in [0.5, 0.6) is 0 Å². The monoisotopic (exact) mass is 1610 g/mol. The largest absolute Gasteiger partial charge is 0.390 e. The van der Waals surface area contributed by atoms with Crippen LogP contribution in [0.2, 0.25) is 0 Å². The van der Waals surface area contributed by atoms with Crippen molar-refractivity contribution in [3.8, 4) is 48.4 Å². The van der Waals surface area contributed by atoms with Crippen molar-refractivity contribution in [3.63, 3.8) is 0 Å². The predicted molar refractivity (Wildman–Crippen MR) is 392 cm³/mol. The van der Waals surface area contributed by atoms with Crippen LogP contribution in [0.1, 0.15) is 115 Å². The fraction of sp³-hybridized carbons (Fsp3) is 0.448. The van der Waals surface area contributed by atoms with Crippen molar-refractivity contribution >= 4 is 164 Å². The second-order valence-electron chi connectivity index (χ2n) is 22.1. The molecular weight excluding hydrogens is 1540 g/mol. The van der Waals surface area contributed by atoms with E-state index in [2.05, 4.69) is 184 Å². The number of nitrogens with zero attached hydrogens (tertiary/aromatic N) is 9. The van der Waals surface area contributed by atoms with Crippen molar-refractivity contribution in [3.05, 3.63) is 80.4 Å². The molecule has 0 radical (unpaired) electrons. The first-order valence-corrected chi connectivity index (χ1v) is 40.4. The molecule has 13 N–H and O–H groups in total. The van der Waals surface area contributed by atoms with Crippen LogP contribution in [-0.4, -0.2) is 118 Å². The van der Waals surface area contributed by atoms with E-state index in [9.17, 15) is 24.6 Å². The Kier molecular flexibility index (Phi) is 25.2. The Bertz CT molecular complexity index is 4310. The molecule has 0 aliphatic carbocycles. The summed E-state index contributed by atoms with van der Waals surface area (Å²) in [5.41, 5.74) is 25.6. The average molecular weight is 1610 g/mol. The van der Waals surface area contributed by atoms with Crippen molar-refractivity contribution < 1.29 is 38.2 Å². The van der Waals surface area contributed by atoms with E-state index >= 15 is 0 Å². The zero-order valence-electron chi connectivity index (χ0n) is 50.9. The minimum Gasteiger partial charge on any atom is -0.390 e. The molecule has 0 aromatic carbocycles. The van der Waals surface area contributed by atoms with Gasteiger partial charge in [0.1, 0.15) is 54.9 Å². The molecule has 12 heterocycles. The molecular formula is C58H72I2N16O11P6. The number of ether oxygens (including phenoxy) is 4. The van der Waals surface area contributed by atoms with Crippen LogP contribution in [0.3, 0.4) is 0 Å². The molecule has 0 spiro atoms. The number of nitrogens with two attached hydrogens (primary N) is 4. The van der Waals surface area contributed by atoms with Gasteiger partial charge in [0.25, 0.3) is 16.7 Å². The number of fused-ring (bicyclic) bond motifs is 4. The topological polar surface area (TPSA) is 383 Å². The number of aliphatic hydroxyl groups excluding tert-OH is 2. The summed E-state index contributed by atoms with van der Waals surface area (Å²) < 4.78 is 44.3. The number of hydrogen-bond acceptors (Lipinski definition) is 20. The smallest absolute Gasteiger partial charge is 0.263 e. The van der Waals surface area contributed by atoms with Crippen molar-refractivity contribution in [2.75, 3.05) is 36.1 Å². The van der Waals surface area contributed by atoms with Gasteiger partial charge in [-0.3, -0.25) is 29.3 Å². The second kappa shape index (κ2) is 32.4. The number of anilines is 4. The number of terminal acetylenes is 2. The lowest BCUT2D eigenvalue weighted by Crippen LogP contribution is -2.25. The minimum absolute atomic E-state index is 0.00919. The first-order valence-electron chi connectivity index (χ1n) is 29.2. The minimum atomic E-state index is -0.719. The van der Waals surface area contributed by atoms with Crippen molar-refractivity contribution in [1.82, 2.24) is 58.1 Å². The molecule has 12 rings (SSSR count). The van der Waals surface area contributed by atoms with Gasteiger partial charge in [-0.25, -0.2) is 9.97 Å². The Hall–Kier alpha value is -4.96. The molecule has 4 saturated heterocycles. The first-order chi connectivity index (χ1) is 44.4.